The van der Waals surface area contributed by atoms with E-state index in [4.69, 9.17) is 14.7 Å². The summed E-state index contributed by atoms with van der Waals surface area (Å²) in [6, 6.07) is 55.6. The summed E-state index contributed by atoms with van der Waals surface area (Å²) in [6.45, 7) is 33.8. The summed E-state index contributed by atoms with van der Waals surface area (Å²) in [6.07, 6.45) is 3.84. The van der Waals surface area contributed by atoms with Crippen LogP contribution in [0.2, 0.25) is 0 Å². The van der Waals surface area contributed by atoms with Gasteiger partial charge in [0.25, 0.3) is 0 Å². The molecule has 6 aromatic carbocycles. The minimum atomic E-state index is -0.253. The molecule has 70 heavy (non-hydrogen) atoms. The summed E-state index contributed by atoms with van der Waals surface area (Å²) >= 11 is 0. The number of hydrogen-bond acceptors (Lipinski definition) is 4. The Labute approximate surface area is 419 Å². The molecule has 4 nitrogen and oxygen atoms in total. The first-order chi connectivity index (χ1) is 32.9. The number of anilines is 3. The van der Waals surface area contributed by atoms with Gasteiger partial charge in [-0.05, 0) is 183 Å². The van der Waals surface area contributed by atoms with Gasteiger partial charge in [-0.2, -0.15) is 0 Å². The molecule has 0 aliphatic rings. The Morgan fingerprint density at radius 2 is 1.00 bits per heavy atom. The number of pyridine rings is 2. The maximum atomic E-state index is 7.08. The van der Waals surface area contributed by atoms with Crippen molar-refractivity contribution in [3.8, 4) is 33.9 Å². The summed E-state index contributed by atoms with van der Waals surface area (Å²) in [5, 5.41) is 0. The van der Waals surface area contributed by atoms with Crippen LogP contribution < -0.4 is 9.64 Å². The Balaban J connectivity index is 1.32. The highest BCUT2D eigenvalue weighted by Gasteiger charge is 2.29. The second kappa shape index (κ2) is 19.2. The van der Waals surface area contributed by atoms with Gasteiger partial charge in [0, 0.05) is 29.3 Å². The minimum Gasteiger partial charge on any atom is -0.457 e. The fourth-order valence-electron chi connectivity index (χ4n) is 9.69. The van der Waals surface area contributed by atoms with E-state index >= 15 is 0 Å². The molecule has 0 amide bonds. The second-order valence-corrected chi connectivity index (χ2v) is 23.5. The monoisotopic (exact) mass is 924 g/mol. The van der Waals surface area contributed by atoms with E-state index in [1.807, 2.05) is 18.5 Å². The molecule has 0 aliphatic heterocycles. The molecule has 2 aromatic heterocycles. The average Bonchev–Trinajstić information content (AvgIpc) is 3.29. The van der Waals surface area contributed by atoms with Gasteiger partial charge in [0.1, 0.15) is 11.5 Å². The molecule has 8 aromatic rings. The van der Waals surface area contributed by atoms with Crippen LogP contribution in [0.1, 0.15) is 145 Å². The number of nitrogens with zero attached hydrogens (tertiary/aromatic N) is 3. The molecule has 358 valence electrons. The number of aromatic nitrogens is 2. The van der Waals surface area contributed by atoms with Crippen LogP contribution in [0.3, 0.4) is 0 Å². The molecule has 0 radical (unpaired) electrons. The molecule has 0 aliphatic carbocycles. The van der Waals surface area contributed by atoms with Crippen molar-refractivity contribution < 1.29 is 4.74 Å². The SMILES string of the molecule is Cc1cc(C)c(-c2cc(Oc3cccc([C@H](c4ccccn4)c4cc(C(C)(C)C)ccc4N(c4ccc(C(C)(C)C)cc4)c4ccc(C(C)(C)C)cc4)c3)cc(-c3cc(C(C)(C)C)ccn3)c2)c(C)c1. The number of benzene rings is 6. The first-order valence-corrected chi connectivity index (χ1v) is 25.0. The zero-order valence-corrected chi connectivity index (χ0v) is 44.4. The highest BCUT2D eigenvalue weighted by atomic mass is 16.5. The van der Waals surface area contributed by atoms with Crippen LogP contribution in [-0.4, -0.2) is 9.97 Å². The Morgan fingerprint density at radius 3 is 1.56 bits per heavy atom. The van der Waals surface area contributed by atoms with Gasteiger partial charge in [-0.3, -0.25) is 9.97 Å². The summed E-state index contributed by atoms with van der Waals surface area (Å²) in [5.74, 6) is 1.24. The van der Waals surface area contributed by atoms with E-state index in [9.17, 15) is 0 Å². The lowest BCUT2D eigenvalue weighted by Gasteiger charge is -2.33. The Bertz CT molecular complexity index is 3040. The van der Waals surface area contributed by atoms with E-state index < -0.39 is 0 Å². The fraction of sp³-hybridized carbons (Fsp3) is 0.303. The van der Waals surface area contributed by atoms with Crippen molar-refractivity contribution in [1.29, 1.82) is 0 Å². The van der Waals surface area contributed by atoms with Gasteiger partial charge in [-0.1, -0.05) is 155 Å². The quantitative estimate of drug-likeness (QED) is 0.137. The molecule has 2 heterocycles. The molecule has 0 saturated carbocycles. The second-order valence-electron chi connectivity index (χ2n) is 23.5. The van der Waals surface area contributed by atoms with E-state index in [0.29, 0.717) is 0 Å². The third-order valence-electron chi connectivity index (χ3n) is 13.6. The first kappa shape index (κ1) is 49.6. The predicted octanol–water partition coefficient (Wildman–Crippen LogP) is 18.4. The number of aryl methyl sites for hydroxylation is 3. The lowest BCUT2D eigenvalue weighted by atomic mass is 9.80. The van der Waals surface area contributed by atoms with Crippen molar-refractivity contribution in [2.45, 2.75) is 131 Å². The van der Waals surface area contributed by atoms with Gasteiger partial charge in [0.2, 0.25) is 0 Å². The van der Waals surface area contributed by atoms with E-state index in [2.05, 4.69) is 254 Å². The van der Waals surface area contributed by atoms with Crippen molar-refractivity contribution in [3.05, 3.63) is 220 Å². The minimum absolute atomic E-state index is 0.0179. The van der Waals surface area contributed by atoms with Gasteiger partial charge in [0.05, 0.1) is 23.0 Å². The van der Waals surface area contributed by atoms with Gasteiger partial charge >= 0.3 is 0 Å². The topological polar surface area (TPSA) is 38.2 Å². The van der Waals surface area contributed by atoms with E-state index in [0.717, 1.165) is 62.2 Å². The van der Waals surface area contributed by atoms with E-state index in [-0.39, 0.29) is 27.6 Å². The van der Waals surface area contributed by atoms with Crippen molar-refractivity contribution in [1.82, 2.24) is 9.97 Å². The smallest absolute Gasteiger partial charge is 0.128 e. The molecular weight excluding hydrogens is 851 g/mol. The van der Waals surface area contributed by atoms with Crippen LogP contribution in [-0.2, 0) is 21.7 Å². The zero-order chi connectivity index (χ0) is 50.3. The molecule has 0 fully saturated rings. The first-order valence-electron chi connectivity index (χ1n) is 25.0. The predicted molar refractivity (Wildman–Crippen MR) is 297 cm³/mol. The van der Waals surface area contributed by atoms with Crippen molar-refractivity contribution in [2.24, 2.45) is 0 Å². The van der Waals surface area contributed by atoms with Crippen LogP contribution in [0.15, 0.2) is 164 Å². The van der Waals surface area contributed by atoms with Crippen LogP contribution in [0.5, 0.6) is 11.5 Å². The van der Waals surface area contributed by atoms with Crippen LogP contribution in [0.25, 0.3) is 22.4 Å². The maximum Gasteiger partial charge on any atom is 0.128 e. The van der Waals surface area contributed by atoms with Crippen molar-refractivity contribution in [3.63, 3.8) is 0 Å². The van der Waals surface area contributed by atoms with Crippen LogP contribution in [0.4, 0.5) is 17.1 Å². The molecular formula is C66H73N3O. The van der Waals surface area contributed by atoms with Crippen LogP contribution >= 0.6 is 0 Å². The molecule has 0 saturated heterocycles. The molecule has 1 atom stereocenters. The van der Waals surface area contributed by atoms with E-state index in [1.54, 1.807) is 0 Å². The normalized spacial score (nSPS) is 12.7. The third kappa shape index (κ3) is 11.0. The Kier molecular flexibility index (Phi) is 13.6. The molecule has 0 spiro atoms. The van der Waals surface area contributed by atoms with Gasteiger partial charge < -0.3 is 9.64 Å². The molecule has 0 bridgehead atoms. The molecule has 4 heteroatoms. The Morgan fingerprint density at radius 1 is 0.443 bits per heavy atom. The maximum absolute atomic E-state index is 7.08. The fourth-order valence-corrected chi connectivity index (χ4v) is 9.69. The zero-order valence-electron chi connectivity index (χ0n) is 44.4. The Hall–Kier alpha value is -6.78. The summed E-state index contributed by atoms with van der Waals surface area (Å²) in [7, 11) is 0. The lowest BCUT2D eigenvalue weighted by Crippen LogP contribution is -2.19. The number of ether oxygens (including phenoxy) is 1. The largest absolute Gasteiger partial charge is 0.457 e. The van der Waals surface area contributed by atoms with E-state index in [1.165, 1.54) is 44.5 Å². The standard InChI is InChI=1S/C66H73N3O/c1-43-35-44(2)61(45(3)36-43)48-37-47(59-42-52(32-34-68-59)66(13,14)15)39-56(40-48)70-55-20-18-19-46(38-55)62(58-21-16-17-33-67-58)57-41-51(65(10,11)12)26-31-60(57)69(53-27-22-49(23-28-53)63(4,5)6)54-29-24-50(25-30-54)64(7,8)9/h16-42,62H,1-15H3/t62-/m0/s1. The van der Waals surface area contributed by atoms with Gasteiger partial charge in [-0.15, -0.1) is 0 Å². The third-order valence-corrected chi connectivity index (χ3v) is 13.6. The molecule has 8 rings (SSSR count). The van der Waals surface area contributed by atoms with Gasteiger partial charge in [-0.25, -0.2) is 0 Å². The summed E-state index contributed by atoms with van der Waals surface area (Å²) in [5.41, 5.74) is 19.4. The van der Waals surface area contributed by atoms with Gasteiger partial charge in [0.15, 0.2) is 0 Å². The lowest BCUT2D eigenvalue weighted by molar-refractivity contribution is 0.482. The van der Waals surface area contributed by atoms with Crippen LogP contribution in [0, 0.1) is 20.8 Å². The number of rotatable bonds is 10. The number of hydrogen-bond donors (Lipinski definition) is 0. The highest BCUT2D eigenvalue weighted by Crippen LogP contribution is 2.46. The average molecular weight is 924 g/mol. The highest BCUT2D eigenvalue weighted by molar-refractivity contribution is 5.81. The van der Waals surface area contributed by atoms with Crippen molar-refractivity contribution >= 4 is 17.1 Å². The van der Waals surface area contributed by atoms with Crippen molar-refractivity contribution in [2.75, 3.05) is 4.90 Å². The molecule has 0 N–H and O–H groups in total. The summed E-state index contributed by atoms with van der Waals surface area (Å²) < 4.78 is 7.08. The molecule has 0 unspecified atom stereocenters. The summed E-state index contributed by atoms with van der Waals surface area (Å²) in [4.78, 5) is 12.5.